The van der Waals surface area contributed by atoms with Gasteiger partial charge in [-0.2, -0.15) is 11.8 Å². The van der Waals surface area contributed by atoms with Crippen LogP contribution in [0.5, 0.6) is 11.5 Å². The number of hydrogen-bond donors (Lipinski definition) is 1. The zero-order valence-corrected chi connectivity index (χ0v) is 14.0. The lowest BCUT2D eigenvalue weighted by Gasteiger charge is -2.39. The Balaban J connectivity index is 2.24. The van der Waals surface area contributed by atoms with Gasteiger partial charge >= 0.3 is 0 Å². The first-order valence-electron chi connectivity index (χ1n) is 6.73. The van der Waals surface area contributed by atoms with Crippen molar-refractivity contribution in [2.75, 3.05) is 31.0 Å². The number of nitrogens with one attached hydrogen (secondary N) is 1. The molecule has 1 fully saturated rings. The summed E-state index contributed by atoms with van der Waals surface area (Å²) in [5.41, 5.74) is 1.17. The third kappa shape index (κ3) is 3.29. The predicted octanol–water partition coefficient (Wildman–Crippen LogP) is 4.30. The van der Waals surface area contributed by atoms with Crippen molar-refractivity contribution >= 4 is 29.1 Å². The van der Waals surface area contributed by atoms with Crippen molar-refractivity contribution in [1.29, 1.82) is 0 Å². The Kier molecular flexibility index (Phi) is 4.97. The zero-order valence-electron chi connectivity index (χ0n) is 12.5. The van der Waals surface area contributed by atoms with Crippen molar-refractivity contribution < 1.29 is 9.47 Å². The maximum Gasteiger partial charge on any atom is 0.162 e. The van der Waals surface area contributed by atoms with Gasteiger partial charge in [-0.3, -0.25) is 0 Å². The number of anilines is 1. The number of benzene rings is 1. The molecule has 5 heteroatoms. The van der Waals surface area contributed by atoms with E-state index in [0.717, 1.165) is 11.4 Å². The highest BCUT2D eigenvalue weighted by Gasteiger charge is 2.33. The van der Waals surface area contributed by atoms with Crippen LogP contribution in [0.4, 0.5) is 5.69 Å². The molecule has 1 aromatic carbocycles. The summed E-state index contributed by atoms with van der Waals surface area (Å²) < 4.78 is 10.6. The highest BCUT2D eigenvalue weighted by molar-refractivity contribution is 7.99. The number of rotatable bonds is 4. The summed E-state index contributed by atoms with van der Waals surface area (Å²) in [7, 11) is 3.25. The summed E-state index contributed by atoms with van der Waals surface area (Å²) in [6, 6.07) is 4.11. The summed E-state index contributed by atoms with van der Waals surface area (Å²) in [6.07, 6.45) is 1.21. The number of hydrogen-bond acceptors (Lipinski definition) is 4. The van der Waals surface area contributed by atoms with Gasteiger partial charge in [-0.05, 0) is 17.6 Å². The molecule has 1 atom stereocenters. The van der Waals surface area contributed by atoms with Crippen LogP contribution in [0.15, 0.2) is 12.1 Å². The van der Waals surface area contributed by atoms with Gasteiger partial charge in [0.25, 0.3) is 0 Å². The van der Waals surface area contributed by atoms with Crippen LogP contribution >= 0.6 is 23.4 Å². The predicted molar refractivity (Wildman–Crippen MR) is 87.7 cm³/mol. The van der Waals surface area contributed by atoms with Gasteiger partial charge in [-0.15, -0.1) is 0 Å². The Labute approximate surface area is 130 Å². The molecule has 0 spiro atoms. The van der Waals surface area contributed by atoms with E-state index in [1.807, 2.05) is 17.8 Å². The normalized spacial score (nSPS) is 21.4. The summed E-state index contributed by atoms with van der Waals surface area (Å²) in [6.45, 7) is 4.61. The standard InChI is InChI=1S/C15H22ClNO2S/c1-15(2)5-6-20-9-14(15)17-11-8-13(19-4)12(18-3)7-10(11)16/h7-8,14,17H,5-6,9H2,1-4H3. The van der Waals surface area contributed by atoms with Gasteiger partial charge in [-0.25, -0.2) is 0 Å². The molecule has 1 saturated heterocycles. The average molecular weight is 316 g/mol. The zero-order chi connectivity index (χ0) is 14.8. The molecule has 0 aromatic heterocycles. The molecule has 2 rings (SSSR count). The molecule has 0 saturated carbocycles. The molecule has 3 nitrogen and oxygen atoms in total. The van der Waals surface area contributed by atoms with E-state index in [0.29, 0.717) is 22.6 Å². The maximum atomic E-state index is 6.34. The molecule has 0 radical (unpaired) electrons. The van der Waals surface area contributed by atoms with E-state index in [2.05, 4.69) is 19.2 Å². The lowest BCUT2D eigenvalue weighted by atomic mass is 9.82. The Morgan fingerprint density at radius 1 is 1.25 bits per heavy atom. The van der Waals surface area contributed by atoms with Crippen molar-refractivity contribution in [2.45, 2.75) is 26.3 Å². The van der Waals surface area contributed by atoms with Gasteiger partial charge in [-0.1, -0.05) is 25.4 Å². The molecule has 1 heterocycles. The van der Waals surface area contributed by atoms with Crippen LogP contribution in [0.3, 0.4) is 0 Å². The maximum absolute atomic E-state index is 6.34. The number of halogens is 1. The minimum Gasteiger partial charge on any atom is -0.493 e. The van der Waals surface area contributed by atoms with Crippen LogP contribution in [0.25, 0.3) is 0 Å². The van der Waals surface area contributed by atoms with Crippen LogP contribution < -0.4 is 14.8 Å². The number of ether oxygens (including phenoxy) is 2. The van der Waals surface area contributed by atoms with Gasteiger partial charge in [0.05, 0.1) is 24.9 Å². The summed E-state index contributed by atoms with van der Waals surface area (Å²) in [5, 5.41) is 4.24. The third-order valence-electron chi connectivity index (χ3n) is 3.92. The molecule has 1 unspecified atom stereocenters. The Bertz CT molecular complexity index is 479. The highest BCUT2D eigenvalue weighted by atomic mass is 35.5. The van der Waals surface area contributed by atoms with Gasteiger partial charge in [0.2, 0.25) is 0 Å². The van der Waals surface area contributed by atoms with E-state index >= 15 is 0 Å². The van der Waals surface area contributed by atoms with Crippen molar-refractivity contribution in [3.63, 3.8) is 0 Å². The quantitative estimate of drug-likeness (QED) is 0.897. The van der Waals surface area contributed by atoms with Gasteiger partial charge in [0.15, 0.2) is 11.5 Å². The van der Waals surface area contributed by atoms with Crippen molar-refractivity contribution in [3.8, 4) is 11.5 Å². The second-order valence-electron chi connectivity index (χ2n) is 5.70. The van der Waals surface area contributed by atoms with Crippen LogP contribution in [-0.4, -0.2) is 31.8 Å². The van der Waals surface area contributed by atoms with Crippen molar-refractivity contribution in [2.24, 2.45) is 5.41 Å². The molecule has 20 heavy (non-hydrogen) atoms. The summed E-state index contributed by atoms with van der Waals surface area (Å²) in [5.74, 6) is 3.67. The molecule has 112 valence electrons. The molecule has 1 aliphatic heterocycles. The van der Waals surface area contributed by atoms with E-state index in [1.165, 1.54) is 12.2 Å². The third-order valence-corrected chi connectivity index (χ3v) is 5.30. The lowest BCUT2D eigenvalue weighted by molar-refractivity contribution is 0.305. The highest BCUT2D eigenvalue weighted by Crippen LogP contribution is 2.40. The summed E-state index contributed by atoms with van der Waals surface area (Å²) in [4.78, 5) is 0. The van der Waals surface area contributed by atoms with E-state index in [9.17, 15) is 0 Å². The van der Waals surface area contributed by atoms with E-state index < -0.39 is 0 Å². The molecule has 1 aliphatic rings. The molecular formula is C15H22ClNO2S. The average Bonchev–Trinajstić information content (AvgIpc) is 2.42. The van der Waals surface area contributed by atoms with Crippen molar-refractivity contribution in [1.82, 2.24) is 0 Å². The Hall–Kier alpha value is -0.740. The fourth-order valence-electron chi connectivity index (χ4n) is 2.33. The fraction of sp³-hybridized carbons (Fsp3) is 0.600. The first-order valence-corrected chi connectivity index (χ1v) is 8.27. The van der Waals surface area contributed by atoms with E-state index in [-0.39, 0.29) is 5.41 Å². The van der Waals surface area contributed by atoms with Crippen LogP contribution in [0, 0.1) is 5.41 Å². The van der Waals surface area contributed by atoms with E-state index in [4.69, 9.17) is 21.1 Å². The van der Waals surface area contributed by atoms with Crippen LogP contribution in [0.2, 0.25) is 5.02 Å². The number of thioether (sulfide) groups is 1. The van der Waals surface area contributed by atoms with Gasteiger partial charge in [0, 0.05) is 23.9 Å². The second-order valence-corrected chi connectivity index (χ2v) is 7.25. The van der Waals surface area contributed by atoms with Gasteiger partial charge < -0.3 is 14.8 Å². The smallest absolute Gasteiger partial charge is 0.162 e. The topological polar surface area (TPSA) is 30.5 Å². The minimum absolute atomic E-state index is 0.266. The molecular weight excluding hydrogens is 294 g/mol. The largest absolute Gasteiger partial charge is 0.493 e. The Morgan fingerprint density at radius 2 is 1.90 bits per heavy atom. The first kappa shape index (κ1) is 15.6. The second kappa shape index (κ2) is 6.35. The molecule has 1 aromatic rings. The van der Waals surface area contributed by atoms with Crippen LogP contribution in [0.1, 0.15) is 20.3 Å². The van der Waals surface area contributed by atoms with E-state index in [1.54, 1.807) is 20.3 Å². The Morgan fingerprint density at radius 3 is 2.50 bits per heavy atom. The van der Waals surface area contributed by atoms with Crippen molar-refractivity contribution in [3.05, 3.63) is 17.2 Å². The van der Waals surface area contributed by atoms with Crippen LogP contribution in [-0.2, 0) is 0 Å². The van der Waals surface area contributed by atoms with Gasteiger partial charge in [0.1, 0.15) is 0 Å². The monoisotopic (exact) mass is 315 g/mol. The number of methoxy groups -OCH3 is 2. The molecule has 0 amide bonds. The molecule has 0 aliphatic carbocycles. The SMILES string of the molecule is COc1cc(Cl)c(NC2CSCCC2(C)C)cc1OC. The minimum atomic E-state index is 0.266. The summed E-state index contributed by atoms with van der Waals surface area (Å²) >= 11 is 8.33. The first-order chi connectivity index (χ1) is 9.47. The fourth-order valence-corrected chi connectivity index (χ4v) is 4.14. The molecule has 0 bridgehead atoms. The molecule has 1 N–H and O–H groups in total. The lowest BCUT2D eigenvalue weighted by Crippen LogP contribution is -2.41.